The molecule has 0 saturated carbocycles. The molecule has 1 aliphatic rings. The molecule has 250 valence electrons. The number of pyridine rings is 1. The van der Waals surface area contributed by atoms with Gasteiger partial charge >= 0.3 is 11.8 Å². The fourth-order valence-electron chi connectivity index (χ4n) is 5.82. The molecule has 1 aromatic carbocycles. The van der Waals surface area contributed by atoms with Gasteiger partial charge in [-0.15, -0.1) is 0 Å². The van der Waals surface area contributed by atoms with E-state index >= 15 is 4.39 Å². The zero-order chi connectivity index (χ0) is 34.5. The molecule has 1 fully saturated rings. The van der Waals surface area contributed by atoms with E-state index in [0.717, 1.165) is 0 Å². The number of halogens is 2. The minimum absolute atomic E-state index is 0.0906. The first-order valence-corrected chi connectivity index (χ1v) is 16.1. The molecule has 0 bridgehead atoms. The van der Waals surface area contributed by atoms with Crippen molar-refractivity contribution in [3.63, 3.8) is 0 Å². The average Bonchev–Trinajstić information content (AvgIpc) is 2.97. The summed E-state index contributed by atoms with van der Waals surface area (Å²) in [5.74, 6) is 0.286. The quantitative estimate of drug-likeness (QED) is 0.241. The summed E-state index contributed by atoms with van der Waals surface area (Å²) < 4.78 is 22.2. The van der Waals surface area contributed by atoms with Gasteiger partial charge in [0.05, 0.1) is 33.2 Å². The zero-order valence-electron chi connectivity index (χ0n) is 28.6. The topological polar surface area (TPSA) is 110 Å². The van der Waals surface area contributed by atoms with Crippen molar-refractivity contribution in [3.05, 3.63) is 63.0 Å². The predicted molar refractivity (Wildman–Crippen MR) is 183 cm³/mol. The molecule has 5 rings (SSSR count). The van der Waals surface area contributed by atoms with Crippen molar-refractivity contribution in [2.75, 3.05) is 37.0 Å². The highest BCUT2D eigenvalue weighted by Gasteiger charge is 2.36. The van der Waals surface area contributed by atoms with Crippen LogP contribution in [0.25, 0.3) is 28.0 Å². The van der Waals surface area contributed by atoms with Gasteiger partial charge in [-0.2, -0.15) is 4.98 Å². The first-order valence-electron chi connectivity index (χ1n) is 15.7. The standard InChI is InChI=1S/C34H42ClFN8O3/c1-18(2)26-28(21(5)37-31(39-26)41(9)10)44-30-23(15-24(35)27(38-30)22-13-11-12-14-25(22)36)29(40-32(44)45)42-16-20(4)43(17-19(42)3)33(46)47-34(6,7)8/h11-15,18-20H,16-17H2,1-10H3/t19-,20+/m0/s1. The number of anilines is 2. The molecule has 0 aliphatic carbocycles. The van der Waals surface area contributed by atoms with Crippen LogP contribution < -0.4 is 15.5 Å². The maximum atomic E-state index is 15.1. The Labute approximate surface area is 279 Å². The highest BCUT2D eigenvalue weighted by molar-refractivity contribution is 6.33. The van der Waals surface area contributed by atoms with Crippen molar-refractivity contribution >= 4 is 40.5 Å². The number of rotatable bonds is 5. The van der Waals surface area contributed by atoms with Crippen molar-refractivity contribution in [2.24, 2.45) is 0 Å². The molecule has 4 heterocycles. The number of nitrogens with zero attached hydrogens (tertiary/aromatic N) is 8. The van der Waals surface area contributed by atoms with Crippen LogP contribution in [0.1, 0.15) is 65.8 Å². The molecule has 0 unspecified atom stereocenters. The van der Waals surface area contributed by atoms with Gasteiger partial charge in [0, 0.05) is 44.8 Å². The average molecular weight is 665 g/mol. The Bertz CT molecular complexity index is 1910. The van der Waals surface area contributed by atoms with Crippen molar-refractivity contribution in [2.45, 2.75) is 79.0 Å². The van der Waals surface area contributed by atoms with E-state index in [4.69, 9.17) is 31.3 Å². The Kier molecular flexibility index (Phi) is 9.20. The lowest BCUT2D eigenvalue weighted by Crippen LogP contribution is -2.59. The largest absolute Gasteiger partial charge is 0.444 e. The molecular weight excluding hydrogens is 623 g/mol. The second-order valence-electron chi connectivity index (χ2n) is 13.6. The van der Waals surface area contributed by atoms with E-state index in [1.807, 2.05) is 74.4 Å². The van der Waals surface area contributed by atoms with Gasteiger partial charge in [-0.3, -0.25) is 0 Å². The van der Waals surface area contributed by atoms with Gasteiger partial charge in [-0.25, -0.2) is 33.5 Å². The summed E-state index contributed by atoms with van der Waals surface area (Å²) in [6.45, 7) is 15.9. The molecule has 0 N–H and O–H groups in total. The smallest absolute Gasteiger partial charge is 0.410 e. The molecule has 4 aromatic rings. The van der Waals surface area contributed by atoms with Gasteiger partial charge in [-0.1, -0.05) is 37.6 Å². The number of aromatic nitrogens is 5. The summed E-state index contributed by atoms with van der Waals surface area (Å²) in [4.78, 5) is 51.9. The first-order chi connectivity index (χ1) is 22.0. The van der Waals surface area contributed by atoms with Crippen LogP contribution in [0.5, 0.6) is 0 Å². The van der Waals surface area contributed by atoms with Crippen LogP contribution in [0.15, 0.2) is 35.1 Å². The summed E-state index contributed by atoms with van der Waals surface area (Å²) in [7, 11) is 3.71. The fourth-order valence-corrected chi connectivity index (χ4v) is 6.07. The predicted octanol–water partition coefficient (Wildman–Crippen LogP) is 6.36. The third-order valence-electron chi connectivity index (χ3n) is 8.06. The van der Waals surface area contributed by atoms with E-state index in [2.05, 4.69) is 4.98 Å². The summed E-state index contributed by atoms with van der Waals surface area (Å²) in [6.07, 6.45) is -0.401. The lowest BCUT2D eigenvalue weighted by Gasteiger charge is -2.44. The van der Waals surface area contributed by atoms with Crippen LogP contribution in [0.2, 0.25) is 5.02 Å². The maximum absolute atomic E-state index is 15.1. The summed E-state index contributed by atoms with van der Waals surface area (Å²) >= 11 is 6.86. The maximum Gasteiger partial charge on any atom is 0.410 e. The van der Waals surface area contributed by atoms with Gasteiger partial charge < -0.3 is 19.4 Å². The van der Waals surface area contributed by atoms with E-state index in [0.29, 0.717) is 47.3 Å². The Morgan fingerprint density at radius 2 is 1.74 bits per heavy atom. The monoisotopic (exact) mass is 664 g/mol. The van der Waals surface area contributed by atoms with Crippen LogP contribution in [0.3, 0.4) is 0 Å². The lowest BCUT2D eigenvalue weighted by molar-refractivity contribution is 0.0130. The van der Waals surface area contributed by atoms with E-state index < -0.39 is 23.2 Å². The Morgan fingerprint density at radius 3 is 2.36 bits per heavy atom. The third-order valence-corrected chi connectivity index (χ3v) is 8.35. The lowest BCUT2D eigenvalue weighted by atomic mass is 10.1. The second kappa shape index (κ2) is 12.7. The SMILES string of the molecule is Cc1nc(N(C)C)nc(C(C)C)c1-n1c(=O)nc(N2C[C@@H](C)N(C(=O)OC(C)(C)C)C[C@@H]2C)c2cc(Cl)c(-c3ccccc3F)nc21. The fraction of sp³-hybridized carbons (Fsp3) is 0.471. The number of hydrogen-bond donors (Lipinski definition) is 0. The van der Waals surface area contributed by atoms with E-state index in [1.165, 1.54) is 10.6 Å². The number of ether oxygens (including phenoxy) is 1. The minimum Gasteiger partial charge on any atom is -0.444 e. The summed E-state index contributed by atoms with van der Waals surface area (Å²) in [5, 5.41) is 0.689. The van der Waals surface area contributed by atoms with Crippen LogP contribution >= 0.6 is 11.6 Å². The molecule has 1 saturated heterocycles. The number of amides is 1. The molecule has 1 aliphatic heterocycles. The molecule has 11 nitrogen and oxygen atoms in total. The third kappa shape index (κ3) is 6.60. The molecule has 47 heavy (non-hydrogen) atoms. The van der Waals surface area contributed by atoms with Gasteiger partial charge in [0.2, 0.25) is 5.95 Å². The summed E-state index contributed by atoms with van der Waals surface area (Å²) in [6, 6.07) is 7.40. The first kappa shape index (κ1) is 34.0. The van der Waals surface area contributed by atoms with Crippen LogP contribution in [-0.4, -0.2) is 80.4 Å². The van der Waals surface area contributed by atoms with Gasteiger partial charge in [-0.05, 0) is 65.7 Å². The molecule has 3 aromatic heterocycles. The molecular formula is C34H42ClFN8O3. The normalized spacial score (nSPS) is 17.0. The number of aryl methyl sites for hydroxylation is 1. The Hall–Kier alpha value is -4.32. The minimum atomic E-state index is -0.640. The van der Waals surface area contributed by atoms with Crippen LogP contribution in [0, 0.1) is 12.7 Å². The van der Waals surface area contributed by atoms with E-state index in [1.54, 1.807) is 34.1 Å². The van der Waals surface area contributed by atoms with Crippen molar-refractivity contribution in [1.29, 1.82) is 0 Å². The van der Waals surface area contributed by atoms with Gasteiger partial charge in [0.1, 0.15) is 17.2 Å². The van der Waals surface area contributed by atoms with E-state index in [-0.39, 0.29) is 39.9 Å². The number of fused-ring (bicyclic) bond motifs is 1. The van der Waals surface area contributed by atoms with Crippen molar-refractivity contribution in [3.8, 4) is 16.9 Å². The zero-order valence-corrected chi connectivity index (χ0v) is 29.3. The molecule has 13 heteroatoms. The van der Waals surface area contributed by atoms with E-state index in [9.17, 15) is 9.59 Å². The second-order valence-corrected chi connectivity index (χ2v) is 14.0. The van der Waals surface area contributed by atoms with Crippen molar-refractivity contribution in [1.82, 2.24) is 29.4 Å². The number of carbonyl (C=O) groups is 1. The molecule has 2 atom stereocenters. The molecule has 1 amide bonds. The molecule has 0 spiro atoms. The Balaban J connectivity index is 1.77. The number of hydrogen-bond acceptors (Lipinski definition) is 9. The number of carbonyl (C=O) groups excluding carboxylic acids is 1. The number of benzene rings is 1. The highest BCUT2D eigenvalue weighted by Crippen LogP contribution is 2.37. The summed E-state index contributed by atoms with van der Waals surface area (Å²) in [5.41, 5.74) is 1.05. The highest BCUT2D eigenvalue weighted by atomic mass is 35.5. The van der Waals surface area contributed by atoms with Crippen LogP contribution in [0.4, 0.5) is 21.0 Å². The van der Waals surface area contributed by atoms with Gasteiger partial charge in [0.25, 0.3) is 0 Å². The molecule has 0 radical (unpaired) electrons. The number of piperazine rings is 1. The van der Waals surface area contributed by atoms with Crippen molar-refractivity contribution < 1.29 is 13.9 Å². The van der Waals surface area contributed by atoms with Crippen LogP contribution in [-0.2, 0) is 4.74 Å². The Morgan fingerprint density at radius 1 is 1.06 bits per heavy atom. The van der Waals surface area contributed by atoms with Gasteiger partial charge in [0.15, 0.2) is 5.65 Å².